The van der Waals surface area contributed by atoms with Crippen molar-refractivity contribution in [3.8, 4) is 0 Å². The molecule has 0 amide bonds. The predicted octanol–water partition coefficient (Wildman–Crippen LogP) is 2.53. The molecule has 0 unspecified atom stereocenters. The van der Waals surface area contributed by atoms with Crippen LogP contribution in [-0.2, 0) is 17.1 Å². The minimum atomic E-state index is -3.84. The summed E-state index contributed by atoms with van der Waals surface area (Å²) >= 11 is 9.18. The third-order valence-electron chi connectivity index (χ3n) is 2.68. The Bertz CT molecular complexity index is 773. The molecule has 0 spiro atoms. The maximum absolute atomic E-state index is 12.3. The van der Waals surface area contributed by atoms with Gasteiger partial charge >= 0.3 is 0 Å². The molecule has 1 aromatic heterocycles. The number of nitrogens with zero attached hydrogens (tertiary/aromatic N) is 2. The smallest absolute Gasteiger partial charge is 0.264 e. The van der Waals surface area contributed by atoms with Crippen LogP contribution >= 0.6 is 27.5 Å². The molecule has 0 aliphatic rings. The number of nitrogens with one attached hydrogen (secondary N) is 1. The summed E-state index contributed by atoms with van der Waals surface area (Å²) in [5, 5.41) is 4.16. The fourth-order valence-electron chi connectivity index (χ4n) is 1.67. The van der Waals surface area contributed by atoms with Crippen molar-refractivity contribution in [2.45, 2.75) is 11.8 Å². The molecule has 0 fully saturated rings. The van der Waals surface area contributed by atoms with E-state index in [2.05, 4.69) is 25.8 Å². The molecule has 0 aliphatic heterocycles. The van der Waals surface area contributed by atoms with Crippen LogP contribution in [0.5, 0.6) is 0 Å². The number of benzene rings is 1. The Morgan fingerprint density at radius 1 is 1.45 bits per heavy atom. The fraction of sp³-hybridized carbons (Fsp3) is 0.182. The molecule has 108 valence electrons. The normalized spacial score (nSPS) is 11.6. The van der Waals surface area contributed by atoms with Crippen LogP contribution < -0.4 is 10.5 Å². The molecule has 6 nitrogen and oxygen atoms in total. The fourth-order valence-corrected chi connectivity index (χ4v) is 3.82. The first-order chi connectivity index (χ1) is 9.22. The Morgan fingerprint density at radius 3 is 2.60 bits per heavy atom. The summed E-state index contributed by atoms with van der Waals surface area (Å²) in [5.41, 5.74) is 6.63. The first-order valence-electron chi connectivity index (χ1n) is 5.49. The Labute approximate surface area is 130 Å². The summed E-state index contributed by atoms with van der Waals surface area (Å²) in [5.74, 6) is 0.210. The van der Waals surface area contributed by atoms with Crippen molar-refractivity contribution >= 4 is 49.1 Å². The zero-order chi connectivity index (χ0) is 15.1. The maximum atomic E-state index is 12.3. The lowest BCUT2D eigenvalue weighted by molar-refractivity contribution is 0.600. The molecular weight excluding hydrogens is 368 g/mol. The highest BCUT2D eigenvalue weighted by atomic mass is 79.9. The van der Waals surface area contributed by atoms with Gasteiger partial charge in [-0.15, -0.1) is 0 Å². The Kier molecular flexibility index (Phi) is 3.99. The monoisotopic (exact) mass is 378 g/mol. The summed E-state index contributed by atoms with van der Waals surface area (Å²) in [6.45, 7) is 1.69. The van der Waals surface area contributed by atoms with Gasteiger partial charge in [-0.2, -0.15) is 5.10 Å². The molecular formula is C11H12BrClN4O2S. The number of hydrogen-bond acceptors (Lipinski definition) is 4. The van der Waals surface area contributed by atoms with Crippen LogP contribution in [0.3, 0.4) is 0 Å². The average Bonchev–Trinajstić information content (AvgIpc) is 2.55. The Hall–Kier alpha value is -1.25. The number of nitrogen functional groups attached to an aromatic ring is 1. The second-order valence-corrected chi connectivity index (χ2v) is 7.13. The van der Waals surface area contributed by atoms with E-state index in [0.717, 1.165) is 0 Å². The van der Waals surface area contributed by atoms with Gasteiger partial charge in [-0.25, -0.2) is 13.1 Å². The number of anilines is 2. The van der Waals surface area contributed by atoms with Gasteiger partial charge in [0.1, 0.15) is 4.90 Å². The van der Waals surface area contributed by atoms with Crippen LogP contribution in [0.1, 0.15) is 5.69 Å². The number of nitrogens with two attached hydrogens (primary N) is 1. The molecule has 0 bridgehead atoms. The number of hydrogen-bond donors (Lipinski definition) is 2. The molecule has 9 heteroatoms. The second-order valence-electron chi connectivity index (χ2n) is 4.15. The van der Waals surface area contributed by atoms with Crippen molar-refractivity contribution in [2.75, 3.05) is 10.5 Å². The van der Waals surface area contributed by atoms with Crippen LogP contribution in [0.2, 0.25) is 5.02 Å². The zero-order valence-corrected chi connectivity index (χ0v) is 13.8. The van der Waals surface area contributed by atoms with Gasteiger partial charge in [-0.3, -0.25) is 4.72 Å². The first kappa shape index (κ1) is 15.1. The molecule has 0 atom stereocenters. The lowest BCUT2D eigenvalue weighted by atomic mass is 10.4. The molecule has 2 aromatic rings. The molecule has 0 radical (unpaired) electrons. The first-order valence-corrected chi connectivity index (χ1v) is 8.14. The van der Waals surface area contributed by atoms with E-state index in [1.807, 2.05) is 0 Å². The third kappa shape index (κ3) is 2.77. The van der Waals surface area contributed by atoms with E-state index in [-0.39, 0.29) is 21.4 Å². The summed E-state index contributed by atoms with van der Waals surface area (Å²) in [7, 11) is -2.23. The maximum Gasteiger partial charge on any atom is 0.264 e. The van der Waals surface area contributed by atoms with Gasteiger partial charge in [0.15, 0.2) is 5.82 Å². The van der Waals surface area contributed by atoms with Crippen LogP contribution in [0.15, 0.2) is 27.6 Å². The Balaban J connectivity index is 2.46. The van der Waals surface area contributed by atoms with Crippen molar-refractivity contribution in [1.82, 2.24) is 9.78 Å². The summed E-state index contributed by atoms with van der Waals surface area (Å²) in [6.07, 6.45) is 0. The van der Waals surface area contributed by atoms with Gasteiger partial charge < -0.3 is 5.73 Å². The average molecular weight is 380 g/mol. The molecule has 0 saturated heterocycles. The van der Waals surface area contributed by atoms with Gasteiger partial charge in [0.25, 0.3) is 10.0 Å². The number of rotatable bonds is 3. The second kappa shape index (κ2) is 5.27. The van der Waals surface area contributed by atoms with Crippen molar-refractivity contribution in [1.29, 1.82) is 0 Å². The van der Waals surface area contributed by atoms with Gasteiger partial charge in [-0.1, -0.05) is 27.5 Å². The van der Waals surface area contributed by atoms with Crippen LogP contribution in [0, 0.1) is 6.92 Å². The van der Waals surface area contributed by atoms with Crippen LogP contribution in [-0.4, -0.2) is 18.2 Å². The standard InChI is InChI=1S/C11H12BrClN4O2S/c1-6-10(14)11(17(2)15-6)16-20(18,19)9-4-3-7(12)5-8(9)13/h3-5,16H,14H2,1-2H3. The van der Waals surface area contributed by atoms with Crippen molar-refractivity contribution in [3.63, 3.8) is 0 Å². The van der Waals surface area contributed by atoms with Crippen molar-refractivity contribution in [2.24, 2.45) is 7.05 Å². The SMILES string of the molecule is Cc1nn(C)c(NS(=O)(=O)c2ccc(Br)cc2Cl)c1N. The predicted molar refractivity (Wildman–Crippen MR) is 82.3 cm³/mol. The lowest BCUT2D eigenvalue weighted by Crippen LogP contribution is -2.16. The lowest BCUT2D eigenvalue weighted by Gasteiger charge is -2.10. The Morgan fingerprint density at radius 2 is 2.10 bits per heavy atom. The molecule has 2 rings (SSSR count). The molecule has 1 aromatic carbocycles. The van der Waals surface area contributed by atoms with Gasteiger partial charge in [0.05, 0.1) is 16.4 Å². The summed E-state index contributed by atoms with van der Waals surface area (Å²) in [6, 6.07) is 4.51. The highest BCUT2D eigenvalue weighted by Gasteiger charge is 2.22. The third-order valence-corrected chi connectivity index (χ3v) is 5.00. The number of sulfonamides is 1. The number of halogens is 2. The van der Waals surface area contributed by atoms with Crippen LogP contribution in [0.25, 0.3) is 0 Å². The topological polar surface area (TPSA) is 90.0 Å². The minimum absolute atomic E-state index is 0.0272. The molecule has 1 heterocycles. The highest BCUT2D eigenvalue weighted by molar-refractivity contribution is 9.10. The van der Waals surface area contributed by atoms with E-state index in [9.17, 15) is 8.42 Å². The number of aryl methyl sites for hydroxylation is 2. The van der Waals surface area contributed by atoms with E-state index in [4.69, 9.17) is 17.3 Å². The number of aromatic nitrogens is 2. The molecule has 3 N–H and O–H groups in total. The molecule has 20 heavy (non-hydrogen) atoms. The van der Waals surface area contributed by atoms with E-state index >= 15 is 0 Å². The van der Waals surface area contributed by atoms with E-state index < -0.39 is 10.0 Å². The largest absolute Gasteiger partial charge is 0.394 e. The molecule has 0 saturated carbocycles. The highest BCUT2D eigenvalue weighted by Crippen LogP contribution is 2.29. The minimum Gasteiger partial charge on any atom is -0.394 e. The van der Waals surface area contributed by atoms with E-state index in [0.29, 0.717) is 10.2 Å². The van der Waals surface area contributed by atoms with E-state index in [1.165, 1.54) is 16.8 Å². The van der Waals surface area contributed by atoms with Crippen LogP contribution in [0.4, 0.5) is 11.5 Å². The van der Waals surface area contributed by atoms with Crippen molar-refractivity contribution < 1.29 is 8.42 Å². The van der Waals surface area contributed by atoms with Gasteiger partial charge in [0.2, 0.25) is 0 Å². The quantitative estimate of drug-likeness (QED) is 0.857. The zero-order valence-electron chi connectivity index (χ0n) is 10.7. The van der Waals surface area contributed by atoms with E-state index in [1.54, 1.807) is 20.0 Å². The molecule has 0 aliphatic carbocycles. The summed E-state index contributed by atoms with van der Waals surface area (Å²) < 4.78 is 29.1. The summed E-state index contributed by atoms with van der Waals surface area (Å²) in [4.78, 5) is -0.0272. The van der Waals surface area contributed by atoms with Crippen molar-refractivity contribution in [3.05, 3.63) is 33.4 Å². The van der Waals surface area contributed by atoms with Gasteiger partial charge in [-0.05, 0) is 25.1 Å². The van der Waals surface area contributed by atoms with Gasteiger partial charge in [0, 0.05) is 11.5 Å².